The summed E-state index contributed by atoms with van der Waals surface area (Å²) >= 11 is 0. The van der Waals surface area contributed by atoms with E-state index in [0.717, 1.165) is 18.9 Å². The zero-order valence-electron chi connectivity index (χ0n) is 13.1. The van der Waals surface area contributed by atoms with Crippen LogP contribution in [0.4, 0.5) is 0 Å². The predicted molar refractivity (Wildman–Crippen MR) is 78.5 cm³/mol. The first-order valence-corrected chi connectivity index (χ1v) is 7.48. The third-order valence-corrected chi connectivity index (χ3v) is 4.18. The number of aliphatic hydroxyl groups is 1. The minimum absolute atomic E-state index is 0.107. The van der Waals surface area contributed by atoms with Gasteiger partial charge in [0.15, 0.2) is 0 Å². The van der Waals surface area contributed by atoms with Gasteiger partial charge >= 0.3 is 11.9 Å². The van der Waals surface area contributed by atoms with Crippen LogP contribution in [-0.2, 0) is 19.1 Å². The number of esters is 2. The van der Waals surface area contributed by atoms with Crippen molar-refractivity contribution >= 4 is 11.9 Å². The van der Waals surface area contributed by atoms with Crippen molar-refractivity contribution < 1.29 is 24.2 Å². The van der Waals surface area contributed by atoms with Gasteiger partial charge in [-0.05, 0) is 45.4 Å². The number of carbonyl (C=O) groups is 2. The number of hydrogen-bond acceptors (Lipinski definition) is 5. The summed E-state index contributed by atoms with van der Waals surface area (Å²) in [5.41, 5.74) is -0.477. The van der Waals surface area contributed by atoms with Crippen molar-refractivity contribution in [2.45, 2.75) is 58.7 Å². The van der Waals surface area contributed by atoms with Gasteiger partial charge in [-0.2, -0.15) is 0 Å². The molecule has 1 aliphatic rings. The van der Waals surface area contributed by atoms with Gasteiger partial charge in [0.1, 0.15) is 6.10 Å². The van der Waals surface area contributed by atoms with E-state index in [1.807, 2.05) is 20.8 Å². The molecule has 0 aromatic rings. The van der Waals surface area contributed by atoms with Gasteiger partial charge in [-0.15, -0.1) is 0 Å². The highest BCUT2D eigenvalue weighted by molar-refractivity contribution is 5.81. The summed E-state index contributed by atoms with van der Waals surface area (Å²) < 4.78 is 10.4. The van der Waals surface area contributed by atoms with Crippen LogP contribution in [-0.4, -0.2) is 35.9 Å². The lowest BCUT2D eigenvalue weighted by molar-refractivity contribution is -0.159. The lowest BCUT2D eigenvalue weighted by Crippen LogP contribution is -2.39. The number of carbonyl (C=O) groups excluding carboxylic acids is 2. The van der Waals surface area contributed by atoms with E-state index >= 15 is 0 Å². The third kappa shape index (κ3) is 5.16. The Hall–Kier alpha value is -1.36. The maximum atomic E-state index is 11.9. The standard InChI is InChI=1S/C16H26O5/c1-5-14(18)21-13-8-7-11(9-12(13)17)10-20-15(19)16(3,4)6-2/h5,11-13,17H,1,6-10H2,2-4H3. The van der Waals surface area contributed by atoms with Crippen molar-refractivity contribution in [3.05, 3.63) is 12.7 Å². The van der Waals surface area contributed by atoms with Crippen molar-refractivity contribution in [1.29, 1.82) is 0 Å². The molecule has 0 aromatic heterocycles. The molecule has 1 fully saturated rings. The summed E-state index contributed by atoms with van der Waals surface area (Å²) in [4.78, 5) is 23.0. The zero-order valence-corrected chi connectivity index (χ0v) is 13.1. The SMILES string of the molecule is C=CC(=O)OC1CCC(COC(=O)C(C)(C)CC)CC1O. The van der Waals surface area contributed by atoms with Crippen LogP contribution in [0.25, 0.3) is 0 Å². The van der Waals surface area contributed by atoms with Gasteiger partial charge in [0, 0.05) is 6.08 Å². The fourth-order valence-electron chi connectivity index (χ4n) is 2.22. The van der Waals surface area contributed by atoms with E-state index in [9.17, 15) is 14.7 Å². The molecule has 120 valence electrons. The molecule has 1 N–H and O–H groups in total. The highest BCUT2D eigenvalue weighted by Crippen LogP contribution is 2.28. The highest BCUT2D eigenvalue weighted by Gasteiger charge is 2.33. The second kappa shape index (κ2) is 7.59. The molecule has 0 aliphatic heterocycles. The molecular formula is C16H26O5. The van der Waals surface area contributed by atoms with Crippen molar-refractivity contribution in [1.82, 2.24) is 0 Å². The summed E-state index contributed by atoms with van der Waals surface area (Å²) in [6, 6.07) is 0. The second-order valence-corrected chi connectivity index (χ2v) is 6.26. The molecule has 1 rings (SSSR count). The fourth-order valence-corrected chi connectivity index (χ4v) is 2.22. The molecule has 0 radical (unpaired) electrons. The monoisotopic (exact) mass is 298 g/mol. The normalized spacial score (nSPS) is 26.0. The quantitative estimate of drug-likeness (QED) is 0.601. The minimum atomic E-state index is -0.717. The van der Waals surface area contributed by atoms with Crippen LogP contribution < -0.4 is 0 Å². The molecule has 0 aromatic carbocycles. The van der Waals surface area contributed by atoms with Gasteiger partial charge in [0.25, 0.3) is 0 Å². The van der Waals surface area contributed by atoms with Crippen LogP contribution in [0.2, 0.25) is 0 Å². The Bertz CT molecular complexity index is 388. The number of aliphatic hydroxyl groups excluding tert-OH is 1. The lowest BCUT2D eigenvalue weighted by Gasteiger charge is -2.32. The van der Waals surface area contributed by atoms with E-state index in [1.165, 1.54) is 0 Å². The maximum absolute atomic E-state index is 11.9. The Kier molecular flexibility index (Phi) is 6.40. The molecule has 0 spiro atoms. The topological polar surface area (TPSA) is 72.8 Å². The number of hydrogen-bond donors (Lipinski definition) is 1. The van der Waals surface area contributed by atoms with Gasteiger partial charge < -0.3 is 14.6 Å². The Morgan fingerprint density at radius 2 is 2.05 bits per heavy atom. The molecule has 1 saturated carbocycles. The molecule has 0 saturated heterocycles. The molecule has 3 unspecified atom stereocenters. The largest absolute Gasteiger partial charge is 0.465 e. The van der Waals surface area contributed by atoms with Gasteiger partial charge in [0.05, 0.1) is 18.1 Å². The Balaban J connectivity index is 2.40. The zero-order chi connectivity index (χ0) is 16.0. The van der Waals surface area contributed by atoms with E-state index in [4.69, 9.17) is 9.47 Å². The van der Waals surface area contributed by atoms with E-state index in [2.05, 4.69) is 6.58 Å². The number of rotatable bonds is 6. The van der Waals surface area contributed by atoms with Crippen LogP contribution in [0.5, 0.6) is 0 Å². The maximum Gasteiger partial charge on any atom is 0.330 e. The summed E-state index contributed by atoms with van der Waals surface area (Å²) in [6.07, 6.45) is 2.40. The molecule has 3 atom stereocenters. The van der Waals surface area contributed by atoms with E-state index in [-0.39, 0.29) is 11.9 Å². The third-order valence-electron chi connectivity index (χ3n) is 4.18. The number of ether oxygens (including phenoxy) is 2. The molecule has 5 heteroatoms. The van der Waals surface area contributed by atoms with E-state index < -0.39 is 23.6 Å². The van der Waals surface area contributed by atoms with Crippen LogP contribution in [0.1, 0.15) is 46.5 Å². The lowest BCUT2D eigenvalue weighted by atomic mass is 9.85. The van der Waals surface area contributed by atoms with Gasteiger partial charge in [0.2, 0.25) is 0 Å². The van der Waals surface area contributed by atoms with Crippen LogP contribution in [0.3, 0.4) is 0 Å². The van der Waals surface area contributed by atoms with E-state index in [0.29, 0.717) is 19.4 Å². The molecule has 0 amide bonds. The summed E-state index contributed by atoms with van der Waals surface area (Å²) in [5.74, 6) is -0.622. The van der Waals surface area contributed by atoms with Gasteiger partial charge in [-0.3, -0.25) is 4.79 Å². The minimum Gasteiger partial charge on any atom is -0.465 e. The smallest absolute Gasteiger partial charge is 0.330 e. The van der Waals surface area contributed by atoms with Crippen molar-refractivity contribution in [2.75, 3.05) is 6.61 Å². The fraction of sp³-hybridized carbons (Fsp3) is 0.750. The molecule has 21 heavy (non-hydrogen) atoms. The molecular weight excluding hydrogens is 272 g/mol. The Morgan fingerprint density at radius 1 is 1.38 bits per heavy atom. The molecule has 0 heterocycles. The summed E-state index contributed by atoms with van der Waals surface area (Å²) in [7, 11) is 0. The highest BCUT2D eigenvalue weighted by atomic mass is 16.6. The van der Waals surface area contributed by atoms with Crippen molar-refractivity contribution in [3.8, 4) is 0 Å². The van der Waals surface area contributed by atoms with Gasteiger partial charge in [-0.25, -0.2) is 4.79 Å². The first-order chi connectivity index (χ1) is 9.80. The first kappa shape index (κ1) is 17.7. The summed E-state index contributed by atoms with van der Waals surface area (Å²) in [6.45, 7) is 9.30. The Morgan fingerprint density at radius 3 is 2.57 bits per heavy atom. The van der Waals surface area contributed by atoms with Crippen molar-refractivity contribution in [2.24, 2.45) is 11.3 Å². The van der Waals surface area contributed by atoms with Gasteiger partial charge in [-0.1, -0.05) is 13.5 Å². The molecule has 5 nitrogen and oxygen atoms in total. The molecule has 0 bridgehead atoms. The molecule has 1 aliphatic carbocycles. The second-order valence-electron chi connectivity index (χ2n) is 6.26. The summed E-state index contributed by atoms with van der Waals surface area (Å²) in [5, 5.41) is 10.0. The van der Waals surface area contributed by atoms with Crippen LogP contribution in [0, 0.1) is 11.3 Å². The van der Waals surface area contributed by atoms with E-state index in [1.54, 1.807) is 0 Å². The Labute approximate surface area is 126 Å². The average molecular weight is 298 g/mol. The van der Waals surface area contributed by atoms with Crippen molar-refractivity contribution in [3.63, 3.8) is 0 Å². The average Bonchev–Trinajstić information content (AvgIpc) is 2.46. The van der Waals surface area contributed by atoms with Crippen LogP contribution in [0.15, 0.2) is 12.7 Å². The first-order valence-electron chi connectivity index (χ1n) is 7.48. The van der Waals surface area contributed by atoms with Crippen LogP contribution >= 0.6 is 0 Å². The predicted octanol–water partition coefficient (Wildman–Crippen LogP) is 2.22.